The quantitative estimate of drug-likeness (QED) is 0.589. The topological polar surface area (TPSA) is 50.7 Å². The zero-order valence-corrected chi connectivity index (χ0v) is 14.5. The lowest BCUT2D eigenvalue weighted by atomic mass is 10.2. The van der Waals surface area contributed by atoms with Crippen LogP contribution in [0, 0.1) is 0 Å². The van der Waals surface area contributed by atoms with Crippen molar-refractivity contribution in [2.24, 2.45) is 5.10 Å². The van der Waals surface area contributed by atoms with E-state index in [9.17, 15) is 4.79 Å². The standard InChI is InChI=1S/C11H14Br2N2O2S/c1-6(9-7(12)5-8(13)18-9)14-15-10(16)17-11(2,3)4/h5H,1-4H3,(H,15,16)/b14-6+. The number of thiophene rings is 1. The minimum absolute atomic E-state index is 0.528. The number of amides is 1. The first-order chi connectivity index (χ1) is 8.19. The van der Waals surface area contributed by atoms with E-state index in [4.69, 9.17) is 4.74 Å². The fourth-order valence-corrected chi connectivity index (χ4v) is 3.72. The first-order valence-corrected chi connectivity index (χ1v) is 7.58. The molecule has 7 heteroatoms. The maximum absolute atomic E-state index is 11.4. The minimum atomic E-state index is -0.561. The van der Waals surface area contributed by atoms with Gasteiger partial charge in [0, 0.05) is 4.47 Å². The lowest BCUT2D eigenvalue weighted by Gasteiger charge is -2.18. The third-order valence-corrected chi connectivity index (χ3v) is 4.33. The molecule has 0 aliphatic heterocycles. The molecule has 0 unspecified atom stereocenters. The van der Waals surface area contributed by atoms with Crippen LogP contribution in [0.1, 0.15) is 32.6 Å². The van der Waals surface area contributed by atoms with Crippen molar-refractivity contribution >= 4 is 55.0 Å². The number of nitrogens with one attached hydrogen (secondary N) is 1. The van der Waals surface area contributed by atoms with Crippen molar-refractivity contribution in [1.29, 1.82) is 0 Å². The average molecular weight is 398 g/mol. The zero-order valence-electron chi connectivity index (χ0n) is 10.5. The molecule has 0 fully saturated rings. The monoisotopic (exact) mass is 396 g/mol. The summed E-state index contributed by atoms with van der Waals surface area (Å²) in [6.07, 6.45) is -0.561. The van der Waals surface area contributed by atoms with Gasteiger partial charge in [0.2, 0.25) is 0 Å². The summed E-state index contributed by atoms with van der Waals surface area (Å²) in [4.78, 5) is 12.4. The highest BCUT2D eigenvalue weighted by Crippen LogP contribution is 2.31. The third kappa shape index (κ3) is 5.07. The minimum Gasteiger partial charge on any atom is -0.443 e. The predicted octanol–water partition coefficient (Wildman–Crippen LogP) is 4.52. The van der Waals surface area contributed by atoms with E-state index in [1.165, 1.54) is 11.3 Å². The molecule has 1 N–H and O–H groups in total. The molecule has 0 bridgehead atoms. The van der Waals surface area contributed by atoms with E-state index in [0.29, 0.717) is 5.71 Å². The molecule has 0 saturated heterocycles. The summed E-state index contributed by atoms with van der Waals surface area (Å²) in [5.74, 6) is 0. The van der Waals surface area contributed by atoms with Gasteiger partial charge in [-0.05, 0) is 65.6 Å². The van der Waals surface area contributed by atoms with Gasteiger partial charge in [-0.3, -0.25) is 0 Å². The second-order valence-electron chi connectivity index (χ2n) is 4.54. The molecular formula is C11H14Br2N2O2S. The van der Waals surface area contributed by atoms with E-state index in [-0.39, 0.29) is 0 Å². The number of hydrogen-bond donors (Lipinski definition) is 1. The van der Waals surface area contributed by atoms with Crippen molar-refractivity contribution in [3.05, 3.63) is 19.2 Å². The van der Waals surface area contributed by atoms with Crippen LogP contribution in [0.3, 0.4) is 0 Å². The number of hydrogen-bond acceptors (Lipinski definition) is 4. The van der Waals surface area contributed by atoms with E-state index in [1.54, 1.807) is 20.8 Å². The Hall–Kier alpha value is -0.400. The van der Waals surface area contributed by atoms with Crippen LogP contribution in [-0.2, 0) is 4.74 Å². The Morgan fingerprint density at radius 2 is 2.06 bits per heavy atom. The van der Waals surface area contributed by atoms with Crippen LogP contribution in [0.4, 0.5) is 4.79 Å². The molecule has 4 nitrogen and oxygen atoms in total. The van der Waals surface area contributed by atoms with Gasteiger partial charge in [-0.1, -0.05) is 0 Å². The molecule has 1 heterocycles. The maximum atomic E-state index is 11.4. The number of carbonyl (C=O) groups excluding carboxylic acids is 1. The summed E-state index contributed by atoms with van der Waals surface area (Å²) in [7, 11) is 0. The highest BCUT2D eigenvalue weighted by atomic mass is 79.9. The van der Waals surface area contributed by atoms with E-state index in [1.807, 2.05) is 13.0 Å². The Morgan fingerprint density at radius 3 is 2.50 bits per heavy atom. The van der Waals surface area contributed by atoms with Crippen LogP contribution in [-0.4, -0.2) is 17.4 Å². The molecule has 0 radical (unpaired) electrons. The van der Waals surface area contributed by atoms with Crippen LogP contribution in [0.25, 0.3) is 0 Å². The first-order valence-electron chi connectivity index (χ1n) is 5.17. The van der Waals surface area contributed by atoms with E-state index in [2.05, 4.69) is 42.4 Å². The van der Waals surface area contributed by atoms with Crippen molar-refractivity contribution in [2.45, 2.75) is 33.3 Å². The van der Waals surface area contributed by atoms with Gasteiger partial charge in [0.1, 0.15) is 5.60 Å². The lowest BCUT2D eigenvalue weighted by Crippen LogP contribution is -2.30. The van der Waals surface area contributed by atoms with Crippen LogP contribution < -0.4 is 5.43 Å². The van der Waals surface area contributed by atoms with E-state index in [0.717, 1.165) is 13.1 Å². The third-order valence-electron chi connectivity index (χ3n) is 1.70. The summed E-state index contributed by atoms with van der Waals surface area (Å²) < 4.78 is 7.02. The summed E-state index contributed by atoms with van der Waals surface area (Å²) in [5, 5.41) is 4.00. The lowest BCUT2D eigenvalue weighted by molar-refractivity contribution is 0.0529. The van der Waals surface area contributed by atoms with E-state index >= 15 is 0 Å². The predicted molar refractivity (Wildman–Crippen MR) is 81.3 cm³/mol. The Morgan fingerprint density at radius 1 is 1.44 bits per heavy atom. The molecule has 1 aromatic rings. The molecule has 0 atom stereocenters. The van der Waals surface area contributed by atoms with Crippen LogP contribution >= 0.6 is 43.2 Å². The Balaban J connectivity index is 2.68. The molecule has 0 saturated carbocycles. The smallest absolute Gasteiger partial charge is 0.428 e. The molecule has 1 rings (SSSR count). The molecule has 1 amide bonds. The second kappa shape index (κ2) is 6.16. The molecule has 0 aromatic carbocycles. The Kier molecular flexibility index (Phi) is 5.36. The van der Waals surface area contributed by atoms with Gasteiger partial charge in [-0.2, -0.15) is 5.10 Å². The molecule has 100 valence electrons. The Labute approximate surface area is 127 Å². The number of ether oxygens (including phenoxy) is 1. The van der Waals surface area contributed by atoms with Crippen molar-refractivity contribution in [1.82, 2.24) is 5.43 Å². The molecular weight excluding hydrogens is 384 g/mol. The second-order valence-corrected chi connectivity index (χ2v) is 7.82. The molecule has 0 aliphatic carbocycles. The van der Waals surface area contributed by atoms with Gasteiger partial charge in [-0.25, -0.2) is 10.2 Å². The van der Waals surface area contributed by atoms with Gasteiger partial charge < -0.3 is 4.74 Å². The van der Waals surface area contributed by atoms with Crippen molar-refractivity contribution in [2.75, 3.05) is 0 Å². The van der Waals surface area contributed by atoms with Crippen LogP contribution in [0.5, 0.6) is 0 Å². The molecule has 0 aliphatic rings. The summed E-state index contributed by atoms with van der Waals surface area (Å²) >= 11 is 8.36. The van der Waals surface area contributed by atoms with Crippen molar-refractivity contribution in [3.63, 3.8) is 0 Å². The number of nitrogens with zero attached hydrogens (tertiary/aromatic N) is 1. The summed E-state index contributed by atoms with van der Waals surface area (Å²) in [6.45, 7) is 7.22. The fraction of sp³-hybridized carbons (Fsp3) is 0.455. The summed E-state index contributed by atoms with van der Waals surface area (Å²) in [6, 6.07) is 1.94. The van der Waals surface area contributed by atoms with Crippen LogP contribution in [0.15, 0.2) is 19.4 Å². The van der Waals surface area contributed by atoms with Crippen molar-refractivity contribution < 1.29 is 9.53 Å². The number of carbonyl (C=O) groups is 1. The SMILES string of the molecule is C/C(=N\NC(=O)OC(C)(C)C)c1sc(Br)cc1Br. The highest BCUT2D eigenvalue weighted by molar-refractivity contribution is 9.11. The van der Waals surface area contributed by atoms with Gasteiger partial charge >= 0.3 is 6.09 Å². The molecule has 0 spiro atoms. The normalized spacial score (nSPS) is 12.4. The van der Waals surface area contributed by atoms with Gasteiger partial charge in [0.25, 0.3) is 0 Å². The fourth-order valence-electron chi connectivity index (χ4n) is 1.07. The van der Waals surface area contributed by atoms with E-state index < -0.39 is 11.7 Å². The van der Waals surface area contributed by atoms with Gasteiger partial charge in [0.05, 0.1) is 14.4 Å². The summed E-state index contributed by atoms with van der Waals surface area (Å²) in [5.41, 5.74) is 2.56. The van der Waals surface area contributed by atoms with Gasteiger partial charge in [-0.15, -0.1) is 11.3 Å². The number of halogens is 2. The van der Waals surface area contributed by atoms with Gasteiger partial charge in [0.15, 0.2) is 0 Å². The zero-order chi connectivity index (χ0) is 13.9. The number of rotatable bonds is 2. The largest absolute Gasteiger partial charge is 0.443 e. The number of hydrazone groups is 1. The highest BCUT2D eigenvalue weighted by Gasteiger charge is 2.16. The average Bonchev–Trinajstić information content (AvgIpc) is 2.52. The molecule has 18 heavy (non-hydrogen) atoms. The Bertz CT molecular complexity index is 478. The molecule has 1 aromatic heterocycles. The maximum Gasteiger partial charge on any atom is 0.428 e. The first kappa shape index (κ1) is 15.7. The van der Waals surface area contributed by atoms with Crippen LogP contribution in [0.2, 0.25) is 0 Å². The van der Waals surface area contributed by atoms with Crippen molar-refractivity contribution in [3.8, 4) is 0 Å².